The summed E-state index contributed by atoms with van der Waals surface area (Å²) in [7, 11) is 0. The molecule has 6 heteroatoms. The Bertz CT molecular complexity index is 790. The summed E-state index contributed by atoms with van der Waals surface area (Å²) in [6.07, 6.45) is 2.16. The minimum Gasteiger partial charge on any atom is -0.371 e. The van der Waals surface area contributed by atoms with Gasteiger partial charge in [0.2, 0.25) is 11.8 Å². The van der Waals surface area contributed by atoms with E-state index >= 15 is 0 Å². The minimum absolute atomic E-state index is 0.0262. The molecule has 0 aliphatic carbocycles. The Balaban J connectivity index is 1.51. The van der Waals surface area contributed by atoms with Crippen LogP contribution in [0.5, 0.6) is 0 Å². The second-order valence-corrected chi connectivity index (χ2v) is 7.37. The SMILES string of the molecule is NC(=O)[C@H]1CCCN(c2ccc(CNC(=O)Cc3ccc(Cl)cc3)cc2)C1. The van der Waals surface area contributed by atoms with Gasteiger partial charge in [-0.15, -0.1) is 0 Å². The Morgan fingerprint density at radius 1 is 1.07 bits per heavy atom. The molecule has 0 unspecified atom stereocenters. The van der Waals surface area contributed by atoms with Crippen LogP contribution in [-0.4, -0.2) is 24.9 Å². The van der Waals surface area contributed by atoms with Gasteiger partial charge in [-0.2, -0.15) is 0 Å². The van der Waals surface area contributed by atoms with E-state index in [-0.39, 0.29) is 17.7 Å². The molecule has 0 spiro atoms. The van der Waals surface area contributed by atoms with Gasteiger partial charge in [0.15, 0.2) is 0 Å². The van der Waals surface area contributed by atoms with Crippen molar-refractivity contribution in [1.82, 2.24) is 5.32 Å². The van der Waals surface area contributed by atoms with E-state index in [4.69, 9.17) is 17.3 Å². The summed E-state index contributed by atoms with van der Waals surface area (Å²) in [5.74, 6) is -0.327. The maximum atomic E-state index is 12.1. The van der Waals surface area contributed by atoms with E-state index < -0.39 is 0 Å². The average molecular weight is 386 g/mol. The van der Waals surface area contributed by atoms with Crippen LogP contribution in [0.25, 0.3) is 0 Å². The number of carbonyl (C=O) groups excluding carboxylic acids is 2. The van der Waals surface area contributed by atoms with Crippen molar-refractivity contribution >= 4 is 29.1 Å². The van der Waals surface area contributed by atoms with Crippen molar-refractivity contribution in [2.24, 2.45) is 11.7 Å². The Kier molecular flexibility index (Phi) is 6.35. The predicted molar refractivity (Wildman–Crippen MR) is 108 cm³/mol. The molecule has 1 atom stereocenters. The van der Waals surface area contributed by atoms with Crippen LogP contribution < -0.4 is 16.0 Å². The van der Waals surface area contributed by atoms with Gasteiger partial charge < -0.3 is 16.0 Å². The first-order valence-corrected chi connectivity index (χ1v) is 9.53. The van der Waals surface area contributed by atoms with Gasteiger partial charge >= 0.3 is 0 Å². The van der Waals surface area contributed by atoms with Crippen LogP contribution in [-0.2, 0) is 22.6 Å². The summed E-state index contributed by atoms with van der Waals surface area (Å²) >= 11 is 5.85. The molecule has 2 aromatic carbocycles. The zero-order chi connectivity index (χ0) is 19.2. The van der Waals surface area contributed by atoms with Crippen LogP contribution in [0.15, 0.2) is 48.5 Å². The predicted octanol–water partition coefficient (Wildman–Crippen LogP) is 2.90. The zero-order valence-electron chi connectivity index (χ0n) is 15.2. The first kappa shape index (κ1) is 19.2. The van der Waals surface area contributed by atoms with Crippen molar-refractivity contribution < 1.29 is 9.59 Å². The molecule has 142 valence electrons. The highest BCUT2D eigenvalue weighted by Crippen LogP contribution is 2.23. The topological polar surface area (TPSA) is 75.4 Å². The van der Waals surface area contributed by atoms with Crippen LogP contribution in [0.1, 0.15) is 24.0 Å². The highest BCUT2D eigenvalue weighted by Gasteiger charge is 2.23. The van der Waals surface area contributed by atoms with Gasteiger partial charge in [-0.05, 0) is 48.2 Å². The Hall–Kier alpha value is -2.53. The van der Waals surface area contributed by atoms with Gasteiger partial charge in [-0.3, -0.25) is 9.59 Å². The Labute approximate surface area is 164 Å². The Morgan fingerprint density at radius 2 is 1.74 bits per heavy atom. The molecule has 1 saturated heterocycles. The summed E-state index contributed by atoms with van der Waals surface area (Å²) in [5.41, 5.74) is 8.50. The standard InChI is InChI=1S/C21H24ClN3O2/c22-18-7-3-15(4-8-18)12-20(26)24-13-16-5-9-19(10-6-16)25-11-1-2-17(14-25)21(23)27/h3-10,17H,1-2,11-14H2,(H2,23,27)(H,24,26)/t17-/m0/s1. The number of anilines is 1. The number of nitrogens with two attached hydrogens (primary N) is 1. The summed E-state index contributed by atoms with van der Waals surface area (Å²) in [6.45, 7) is 2.09. The fourth-order valence-electron chi connectivity index (χ4n) is 3.32. The lowest BCUT2D eigenvalue weighted by Crippen LogP contribution is -2.41. The summed E-state index contributed by atoms with van der Waals surface area (Å²) in [5, 5.41) is 3.60. The lowest BCUT2D eigenvalue weighted by Gasteiger charge is -2.33. The van der Waals surface area contributed by atoms with E-state index in [9.17, 15) is 9.59 Å². The molecule has 0 saturated carbocycles. The normalized spacial score (nSPS) is 16.8. The molecule has 2 aromatic rings. The number of hydrogen-bond acceptors (Lipinski definition) is 3. The lowest BCUT2D eigenvalue weighted by atomic mass is 9.97. The average Bonchev–Trinajstić information content (AvgIpc) is 2.69. The molecule has 27 heavy (non-hydrogen) atoms. The molecule has 2 amide bonds. The fraction of sp³-hybridized carbons (Fsp3) is 0.333. The van der Waals surface area contributed by atoms with Crippen molar-refractivity contribution in [1.29, 1.82) is 0 Å². The fourth-order valence-corrected chi connectivity index (χ4v) is 3.45. The molecular formula is C21H24ClN3O2. The molecule has 0 bridgehead atoms. The second kappa shape index (κ2) is 8.91. The van der Waals surface area contributed by atoms with E-state index in [0.717, 1.165) is 36.2 Å². The summed E-state index contributed by atoms with van der Waals surface area (Å²) in [4.78, 5) is 25.7. The maximum absolute atomic E-state index is 12.1. The number of nitrogens with one attached hydrogen (secondary N) is 1. The molecule has 1 aliphatic heterocycles. The molecule has 0 radical (unpaired) electrons. The van der Waals surface area contributed by atoms with Crippen molar-refractivity contribution in [3.8, 4) is 0 Å². The lowest BCUT2D eigenvalue weighted by molar-refractivity contribution is -0.122. The number of nitrogens with zero attached hydrogens (tertiary/aromatic N) is 1. The third kappa shape index (κ3) is 5.47. The van der Waals surface area contributed by atoms with Gasteiger partial charge in [-0.1, -0.05) is 35.9 Å². The van der Waals surface area contributed by atoms with Crippen LogP contribution in [0.2, 0.25) is 5.02 Å². The first-order chi connectivity index (χ1) is 13.0. The highest BCUT2D eigenvalue weighted by molar-refractivity contribution is 6.30. The number of benzene rings is 2. The number of hydrogen-bond donors (Lipinski definition) is 2. The molecule has 5 nitrogen and oxygen atoms in total. The smallest absolute Gasteiger partial charge is 0.224 e. The van der Waals surface area contributed by atoms with Crippen LogP contribution >= 0.6 is 11.6 Å². The highest BCUT2D eigenvalue weighted by atomic mass is 35.5. The number of piperidine rings is 1. The molecule has 3 rings (SSSR count). The third-order valence-electron chi connectivity index (χ3n) is 4.89. The summed E-state index contributed by atoms with van der Waals surface area (Å²) in [6, 6.07) is 15.4. The number of rotatable bonds is 6. The quantitative estimate of drug-likeness (QED) is 0.802. The van der Waals surface area contributed by atoms with Crippen molar-refractivity contribution in [3.05, 3.63) is 64.7 Å². The molecular weight excluding hydrogens is 362 g/mol. The number of carbonyl (C=O) groups is 2. The molecule has 1 fully saturated rings. The van der Waals surface area contributed by atoms with Crippen molar-refractivity contribution in [3.63, 3.8) is 0 Å². The van der Waals surface area contributed by atoms with Crippen molar-refractivity contribution in [2.45, 2.75) is 25.8 Å². The monoisotopic (exact) mass is 385 g/mol. The van der Waals surface area contributed by atoms with E-state index in [1.165, 1.54) is 0 Å². The molecule has 1 heterocycles. The first-order valence-electron chi connectivity index (χ1n) is 9.15. The molecule has 3 N–H and O–H groups in total. The van der Waals surface area contributed by atoms with E-state index in [2.05, 4.69) is 10.2 Å². The number of primary amides is 1. The largest absolute Gasteiger partial charge is 0.371 e. The maximum Gasteiger partial charge on any atom is 0.224 e. The number of amides is 2. The second-order valence-electron chi connectivity index (χ2n) is 6.93. The van der Waals surface area contributed by atoms with Gasteiger partial charge in [0.25, 0.3) is 0 Å². The van der Waals surface area contributed by atoms with Crippen LogP contribution in [0.4, 0.5) is 5.69 Å². The third-order valence-corrected chi connectivity index (χ3v) is 5.14. The van der Waals surface area contributed by atoms with Gasteiger partial charge in [0, 0.05) is 30.3 Å². The van der Waals surface area contributed by atoms with E-state index in [0.29, 0.717) is 24.5 Å². The zero-order valence-corrected chi connectivity index (χ0v) is 15.9. The Morgan fingerprint density at radius 3 is 2.41 bits per heavy atom. The van der Waals surface area contributed by atoms with Crippen molar-refractivity contribution in [2.75, 3.05) is 18.0 Å². The van der Waals surface area contributed by atoms with Gasteiger partial charge in [0.05, 0.1) is 12.3 Å². The minimum atomic E-state index is -0.222. The molecule has 1 aliphatic rings. The van der Waals surface area contributed by atoms with Crippen LogP contribution in [0, 0.1) is 5.92 Å². The summed E-state index contributed by atoms with van der Waals surface area (Å²) < 4.78 is 0. The van der Waals surface area contributed by atoms with E-state index in [1.54, 1.807) is 12.1 Å². The van der Waals surface area contributed by atoms with E-state index in [1.807, 2.05) is 36.4 Å². The molecule has 0 aromatic heterocycles. The van der Waals surface area contributed by atoms with Gasteiger partial charge in [-0.25, -0.2) is 0 Å². The van der Waals surface area contributed by atoms with Gasteiger partial charge in [0.1, 0.15) is 0 Å². The number of halogens is 1. The van der Waals surface area contributed by atoms with Crippen LogP contribution in [0.3, 0.4) is 0 Å².